The Hall–Kier alpha value is -1.52. The SMILES string of the molecule is Cc1cc(C(O)Cc2ccc(F)c(Cl)c2)c(F)cc1F. The summed E-state index contributed by atoms with van der Waals surface area (Å²) in [6.07, 6.45) is -1.10. The van der Waals surface area contributed by atoms with E-state index >= 15 is 0 Å². The number of aryl methyl sites for hydroxylation is 1. The normalized spacial score (nSPS) is 12.5. The van der Waals surface area contributed by atoms with Crippen LogP contribution in [0.15, 0.2) is 30.3 Å². The van der Waals surface area contributed by atoms with Crippen LogP contribution in [0.2, 0.25) is 5.02 Å². The fourth-order valence-electron chi connectivity index (χ4n) is 1.93. The van der Waals surface area contributed by atoms with Crippen LogP contribution >= 0.6 is 11.6 Å². The van der Waals surface area contributed by atoms with Crippen molar-refractivity contribution in [3.63, 3.8) is 0 Å². The summed E-state index contributed by atoms with van der Waals surface area (Å²) in [7, 11) is 0. The number of rotatable bonds is 3. The van der Waals surface area contributed by atoms with E-state index in [9.17, 15) is 18.3 Å². The number of halogens is 4. The smallest absolute Gasteiger partial charge is 0.141 e. The highest BCUT2D eigenvalue weighted by molar-refractivity contribution is 6.30. The third-order valence-corrected chi connectivity index (χ3v) is 3.34. The number of hydrogen-bond acceptors (Lipinski definition) is 1. The molecule has 0 spiro atoms. The predicted molar refractivity (Wildman–Crippen MR) is 71.2 cm³/mol. The van der Waals surface area contributed by atoms with Gasteiger partial charge in [0, 0.05) is 18.1 Å². The zero-order chi connectivity index (χ0) is 14.9. The van der Waals surface area contributed by atoms with E-state index in [-0.39, 0.29) is 22.6 Å². The van der Waals surface area contributed by atoms with Crippen LogP contribution < -0.4 is 0 Å². The number of aliphatic hydroxyl groups is 1. The molecule has 0 aromatic heterocycles. The molecule has 1 nitrogen and oxygen atoms in total. The van der Waals surface area contributed by atoms with Gasteiger partial charge in [-0.2, -0.15) is 0 Å². The Morgan fingerprint density at radius 1 is 1.05 bits per heavy atom. The second-order valence-corrected chi connectivity index (χ2v) is 5.00. The standard InChI is InChI=1S/C15H12ClF3O/c1-8-4-10(14(19)7-13(8)18)15(20)6-9-2-3-12(17)11(16)5-9/h2-5,7,15,20H,6H2,1H3. The Morgan fingerprint density at radius 3 is 2.40 bits per heavy atom. The molecule has 2 rings (SSSR count). The van der Waals surface area contributed by atoms with Gasteiger partial charge in [0.15, 0.2) is 0 Å². The van der Waals surface area contributed by atoms with Crippen LogP contribution in [0.4, 0.5) is 13.2 Å². The lowest BCUT2D eigenvalue weighted by Crippen LogP contribution is -2.06. The largest absolute Gasteiger partial charge is 0.388 e. The van der Waals surface area contributed by atoms with Crippen LogP contribution in [0.1, 0.15) is 22.8 Å². The van der Waals surface area contributed by atoms with Gasteiger partial charge in [0.2, 0.25) is 0 Å². The Bertz CT molecular complexity index is 643. The monoisotopic (exact) mass is 300 g/mol. The van der Waals surface area contributed by atoms with Crippen LogP contribution in [0.3, 0.4) is 0 Å². The first-order chi connectivity index (χ1) is 9.38. The molecule has 0 heterocycles. The van der Waals surface area contributed by atoms with E-state index in [4.69, 9.17) is 11.6 Å². The minimum absolute atomic E-state index is 0.00403. The molecule has 0 radical (unpaired) electrons. The van der Waals surface area contributed by atoms with Gasteiger partial charge in [0.25, 0.3) is 0 Å². The molecular weight excluding hydrogens is 289 g/mol. The van der Waals surface area contributed by atoms with Crippen LogP contribution in [0, 0.1) is 24.4 Å². The summed E-state index contributed by atoms with van der Waals surface area (Å²) in [4.78, 5) is 0. The van der Waals surface area contributed by atoms with Gasteiger partial charge in [-0.1, -0.05) is 17.7 Å². The third kappa shape index (κ3) is 3.14. The highest BCUT2D eigenvalue weighted by Gasteiger charge is 2.16. The van der Waals surface area contributed by atoms with Gasteiger partial charge in [0.05, 0.1) is 11.1 Å². The maximum Gasteiger partial charge on any atom is 0.141 e. The van der Waals surface area contributed by atoms with E-state index in [2.05, 4.69) is 0 Å². The fourth-order valence-corrected chi connectivity index (χ4v) is 2.14. The lowest BCUT2D eigenvalue weighted by molar-refractivity contribution is 0.173. The molecule has 1 N–H and O–H groups in total. The third-order valence-electron chi connectivity index (χ3n) is 3.05. The van der Waals surface area contributed by atoms with Crippen molar-refractivity contribution in [2.75, 3.05) is 0 Å². The molecular formula is C15H12ClF3O. The fraction of sp³-hybridized carbons (Fsp3) is 0.200. The Morgan fingerprint density at radius 2 is 1.75 bits per heavy atom. The minimum Gasteiger partial charge on any atom is -0.388 e. The molecule has 1 unspecified atom stereocenters. The van der Waals surface area contributed by atoms with Crippen molar-refractivity contribution in [2.45, 2.75) is 19.4 Å². The van der Waals surface area contributed by atoms with Crippen molar-refractivity contribution in [2.24, 2.45) is 0 Å². The second-order valence-electron chi connectivity index (χ2n) is 4.59. The van der Waals surface area contributed by atoms with Gasteiger partial charge < -0.3 is 5.11 Å². The topological polar surface area (TPSA) is 20.2 Å². The molecule has 0 saturated carbocycles. The summed E-state index contributed by atoms with van der Waals surface area (Å²) in [5.41, 5.74) is 0.812. The highest BCUT2D eigenvalue weighted by atomic mass is 35.5. The summed E-state index contributed by atoms with van der Waals surface area (Å²) < 4.78 is 39.8. The van der Waals surface area contributed by atoms with Gasteiger partial charge in [0.1, 0.15) is 17.5 Å². The number of hydrogen-bond donors (Lipinski definition) is 1. The number of benzene rings is 2. The lowest BCUT2D eigenvalue weighted by Gasteiger charge is -2.13. The maximum atomic E-state index is 13.6. The Labute approximate surface area is 119 Å². The lowest BCUT2D eigenvalue weighted by atomic mass is 9.99. The van der Waals surface area contributed by atoms with E-state index in [1.54, 1.807) is 0 Å². The van der Waals surface area contributed by atoms with E-state index in [1.165, 1.54) is 31.2 Å². The zero-order valence-electron chi connectivity index (χ0n) is 10.6. The Kier molecular flexibility index (Phi) is 4.35. The average Bonchev–Trinajstić information content (AvgIpc) is 2.38. The van der Waals surface area contributed by atoms with Crippen molar-refractivity contribution in [1.29, 1.82) is 0 Å². The van der Waals surface area contributed by atoms with E-state index in [1.807, 2.05) is 0 Å². The van der Waals surface area contributed by atoms with Gasteiger partial charge in [-0.25, -0.2) is 13.2 Å². The summed E-state index contributed by atoms with van der Waals surface area (Å²) in [5.74, 6) is -2.04. The van der Waals surface area contributed by atoms with E-state index in [0.29, 0.717) is 5.56 Å². The maximum absolute atomic E-state index is 13.6. The molecule has 0 aliphatic rings. The van der Waals surface area contributed by atoms with Crippen molar-refractivity contribution in [1.82, 2.24) is 0 Å². The van der Waals surface area contributed by atoms with Crippen LogP contribution in [0.5, 0.6) is 0 Å². The van der Waals surface area contributed by atoms with Crippen molar-refractivity contribution < 1.29 is 18.3 Å². The molecule has 2 aromatic rings. The van der Waals surface area contributed by atoms with Gasteiger partial charge in [-0.15, -0.1) is 0 Å². The van der Waals surface area contributed by atoms with Gasteiger partial charge in [-0.3, -0.25) is 0 Å². The summed E-state index contributed by atoms with van der Waals surface area (Å²) >= 11 is 5.64. The average molecular weight is 301 g/mol. The van der Waals surface area contributed by atoms with E-state index < -0.39 is 23.6 Å². The summed E-state index contributed by atoms with van der Waals surface area (Å²) in [6.45, 7) is 1.49. The molecule has 5 heteroatoms. The molecule has 0 bridgehead atoms. The van der Waals surface area contributed by atoms with Crippen LogP contribution in [0.25, 0.3) is 0 Å². The van der Waals surface area contributed by atoms with Crippen LogP contribution in [-0.2, 0) is 6.42 Å². The van der Waals surface area contributed by atoms with Crippen molar-refractivity contribution >= 4 is 11.6 Å². The quantitative estimate of drug-likeness (QED) is 0.894. The summed E-state index contributed by atoms with van der Waals surface area (Å²) in [5, 5.41) is 9.97. The molecule has 0 amide bonds. The predicted octanol–water partition coefficient (Wildman–Crippen LogP) is 4.34. The molecule has 0 fully saturated rings. The zero-order valence-corrected chi connectivity index (χ0v) is 11.4. The molecule has 20 heavy (non-hydrogen) atoms. The minimum atomic E-state index is -1.16. The molecule has 1 atom stereocenters. The first-order valence-corrected chi connectivity index (χ1v) is 6.34. The van der Waals surface area contributed by atoms with Crippen molar-refractivity contribution in [3.05, 3.63) is 69.5 Å². The van der Waals surface area contributed by atoms with Crippen molar-refractivity contribution in [3.8, 4) is 0 Å². The summed E-state index contributed by atoms with van der Waals surface area (Å²) in [6, 6.07) is 6.01. The second kappa shape index (κ2) is 5.85. The Balaban J connectivity index is 2.25. The molecule has 0 saturated heterocycles. The highest BCUT2D eigenvalue weighted by Crippen LogP contribution is 2.25. The molecule has 0 aliphatic carbocycles. The van der Waals surface area contributed by atoms with E-state index in [0.717, 1.165) is 6.07 Å². The van der Waals surface area contributed by atoms with Gasteiger partial charge in [-0.05, 0) is 36.2 Å². The first-order valence-electron chi connectivity index (χ1n) is 5.96. The first kappa shape index (κ1) is 14.9. The molecule has 106 valence electrons. The molecule has 0 aliphatic heterocycles. The molecule has 2 aromatic carbocycles. The van der Waals surface area contributed by atoms with Gasteiger partial charge >= 0.3 is 0 Å². The number of aliphatic hydroxyl groups excluding tert-OH is 1. The van der Waals surface area contributed by atoms with Crippen LogP contribution in [-0.4, -0.2) is 5.11 Å².